The number of anilines is 1. The Morgan fingerprint density at radius 3 is 2.68 bits per heavy atom. The second-order valence-electron chi connectivity index (χ2n) is 4.81. The predicted octanol–water partition coefficient (Wildman–Crippen LogP) is 1.88. The molecule has 5 N–H and O–H groups in total. The Balaban J connectivity index is 1.77. The number of hydrogen-bond donors (Lipinski definition) is 4. The van der Waals surface area contributed by atoms with Crippen LogP contribution in [0.4, 0.5) is 10.1 Å². The lowest BCUT2D eigenvalue weighted by molar-refractivity contribution is -0.114. The number of fused-ring (bicyclic) bond motifs is 1. The van der Waals surface area contributed by atoms with Gasteiger partial charge in [-0.3, -0.25) is 4.79 Å². The molecule has 1 heterocycles. The minimum absolute atomic E-state index is 0.206. The number of carbonyl (C=O) groups excluding carboxylic acids is 1. The average Bonchev–Trinajstić information content (AvgIpc) is 2.90. The highest BCUT2D eigenvalue weighted by molar-refractivity contribution is 8.04. The summed E-state index contributed by atoms with van der Waals surface area (Å²) < 4.78 is 13.2. The van der Waals surface area contributed by atoms with Gasteiger partial charge in [0, 0.05) is 12.7 Å². The topological polar surface area (TPSA) is 79.2 Å². The van der Waals surface area contributed by atoms with E-state index < -0.39 is 5.91 Å². The lowest BCUT2D eigenvalue weighted by Gasteiger charge is -2.15. The van der Waals surface area contributed by atoms with Gasteiger partial charge in [0.15, 0.2) is 5.50 Å². The highest BCUT2D eigenvalue weighted by atomic mass is 32.2. The summed E-state index contributed by atoms with van der Waals surface area (Å²) in [6, 6.07) is 10.3. The first-order valence-corrected chi connectivity index (χ1v) is 7.55. The van der Waals surface area contributed by atoms with E-state index >= 15 is 0 Å². The van der Waals surface area contributed by atoms with Crippen molar-refractivity contribution in [2.45, 2.75) is 5.50 Å². The van der Waals surface area contributed by atoms with Crippen molar-refractivity contribution in [3.05, 3.63) is 52.9 Å². The Morgan fingerprint density at radius 2 is 2.00 bits per heavy atom. The molecule has 1 aliphatic heterocycles. The van der Waals surface area contributed by atoms with E-state index in [9.17, 15) is 9.18 Å². The molecule has 2 aromatic carbocycles. The van der Waals surface area contributed by atoms with Gasteiger partial charge in [0.1, 0.15) is 16.5 Å². The molecule has 1 unspecified atom stereocenters. The minimum Gasteiger partial charge on any atom is -0.381 e. The molecule has 5 nitrogen and oxygen atoms in total. The smallest absolute Gasteiger partial charge is 0.267 e. The number of carbonyl (C=O) groups is 1. The SMILES string of the molecule is CNC1=C(C(N)=O)NC(Nc2ccc3cc(F)ccc3c2)S1. The number of benzene rings is 2. The predicted molar refractivity (Wildman–Crippen MR) is 87.3 cm³/mol. The maximum atomic E-state index is 13.2. The Bertz CT molecular complexity index is 777. The van der Waals surface area contributed by atoms with Crippen molar-refractivity contribution >= 4 is 34.1 Å². The van der Waals surface area contributed by atoms with Crippen molar-refractivity contribution < 1.29 is 9.18 Å². The van der Waals surface area contributed by atoms with Gasteiger partial charge in [-0.15, -0.1) is 0 Å². The summed E-state index contributed by atoms with van der Waals surface area (Å²) in [5.41, 5.74) is 6.36. The van der Waals surface area contributed by atoms with Crippen molar-refractivity contribution in [3.63, 3.8) is 0 Å². The molecule has 7 heteroatoms. The Morgan fingerprint density at radius 1 is 1.27 bits per heavy atom. The molecule has 0 saturated carbocycles. The van der Waals surface area contributed by atoms with Crippen LogP contribution in [-0.4, -0.2) is 18.5 Å². The summed E-state index contributed by atoms with van der Waals surface area (Å²) >= 11 is 1.44. The van der Waals surface area contributed by atoms with E-state index in [4.69, 9.17) is 5.73 Å². The van der Waals surface area contributed by atoms with Gasteiger partial charge in [0.2, 0.25) is 0 Å². The van der Waals surface area contributed by atoms with Gasteiger partial charge in [0.05, 0.1) is 0 Å². The van der Waals surface area contributed by atoms with Crippen LogP contribution in [0.5, 0.6) is 0 Å². The summed E-state index contributed by atoms with van der Waals surface area (Å²) in [7, 11) is 1.74. The fraction of sp³-hybridized carbons (Fsp3) is 0.133. The summed E-state index contributed by atoms with van der Waals surface area (Å²) in [5.74, 6) is -0.759. The van der Waals surface area contributed by atoms with Crippen LogP contribution in [0.15, 0.2) is 47.1 Å². The molecular formula is C15H15FN4OS. The number of nitrogens with one attached hydrogen (secondary N) is 3. The van der Waals surface area contributed by atoms with Crippen LogP contribution < -0.4 is 21.7 Å². The van der Waals surface area contributed by atoms with Crippen LogP contribution in [0.1, 0.15) is 0 Å². The van der Waals surface area contributed by atoms with Gasteiger partial charge in [-0.25, -0.2) is 4.39 Å². The molecule has 1 atom stereocenters. The second kappa shape index (κ2) is 5.76. The van der Waals surface area contributed by atoms with E-state index in [1.165, 1.54) is 23.9 Å². The van der Waals surface area contributed by atoms with Crippen LogP contribution >= 0.6 is 11.8 Å². The zero-order valence-corrected chi connectivity index (χ0v) is 12.6. The fourth-order valence-corrected chi connectivity index (χ4v) is 3.30. The third-order valence-corrected chi connectivity index (χ3v) is 4.43. The van der Waals surface area contributed by atoms with Gasteiger partial charge in [-0.2, -0.15) is 0 Å². The van der Waals surface area contributed by atoms with Crippen molar-refractivity contribution in [1.82, 2.24) is 10.6 Å². The normalized spacial score (nSPS) is 17.5. The monoisotopic (exact) mass is 318 g/mol. The van der Waals surface area contributed by atoms with Crippen LogP contribution in [0.2, 0.25) is 0 Å². The quantitative estimate of drug-likeness (QED) is 0.692. The minimum atomic E-state index is -0.505. The first-order valence-electron chi connectivity index (χ1n) is 6.68. The third kappa shape index (κ3) is 2.80. The average molecular weight is 318 g/mol. The van der Waals surface area contributed by atoms with Crippen molar-refractivity contribution in [3.8, 4) is 0 Å². The number of amides is 1. The summed E-state index contributed by atoms with van der Waals surface area (Å²) in [6.07, 6.45) is 0. The number of halogens is 1. The molecule has 2 aromatic rings. The van der Waals surface area contributed by atoms with Gasteiger partial charge < -0.3 is 21.7 Å². The molecule has 0 saturated heterocycles. The molecule has 1 aliphatic rings. The van der Waals surface area contributed by atoms with Gasteiger partial charge in [0.25, 0.3) is 5.91 Å². The molecule has 0 aromatic heterocycles. The maximum absolute atomic E-state index is 13.2. The van der Waals surface area contributed by atoms with Crippen LogP contribution in [0.3, 0.4) is 0 Å². The lowest BCUT2D eigenvalue weighted by Crippen LogP contribution is -2.33. The van der Waals surface area contributed by atoms with Crippen LogP contribution in [0.25, 0.3) is 10.8 Å². The first-order chi connectivity index (χ1) is 10.6. The zero-order chi connectivity index (χ0) is 15.7. The molecule has 3 rings (SSSR count). The van der Waals surface area contributed by atoms with Crippen molar-refractivity contribution in [2.24, 2.45) is 5.73 Å². The van der Waals surface area contributed by atoms with E-state index in [2.05, 4.69) is 16.0 Å². The van der Waals surface area contributed by atoms with Crippen molar-refractivity contribution in [1.29, 1.82) is 0 Å². The number of thioether (sulfide) groups is 1. The van der Waals surface area contributed by atoms with E-state index in [0.29, 0.717) is 10.7 Å². The standard InChI is InChI=1S/C15H15FN4OS/c1-18-14-12(13(17)21)20-15(22-14)19-11-5-3-8-6-10(16)4-2-9(8)7-11/h2-7,15,18-20H,1H3,(H2,17,21). The van der Waals surface area contributed by atoms with Gasteiger partial charge in [-0.05, 0) is 35.0 Å². The Labute approximate surface area is 131 Å². The van der Waals surface area contributed by atoms with Gasteiger partial charge in [-0.1, -0.05) is 23.9 Å². The first kappa shape index (κ1) is 14.5. The molecule has 0 fully saturated rings. The Kier molecular flexibility index (Phi) is 3.81. The van der Waals surface area contributed by atoms with E-state index in [0.717, 1.165) is 16.5 Å². The van der Waals surface area contributed by atoms with Crippen LogP contribution in [0, 0.1) is 5.82 Å². The summed E-state index contributed by atoms with van der Waals surface area (Å²) in [4.78, 5) is 11.4. The maximum Gasteiger partial charge on any atom is 0.267 e. The largest absolute Gasteiger partial charge is 0.381 e. The number of nitrogens with two attached hydrogens (primary N) is 1. The zero-order valence-electron chi connectivity index (χ0n) is 11.8. The highest BCUT2D eigenvalue weighted by Crippen LogP contribution is 2.29. The van der Waals surface area contributed by atoms with E-state index in [1.54, 1.807) is 13.1 Å². The molecular weight excluding hydrogens is 303 g/mol. The molecule has 0 radical (unpaired) electrons. The number of rotatable bonds is 4. The summed E-state index contributed by atoms with van der Waals surface area (Å²) in [5, 5.41) is 11.7. The molecule has 22 heavy (non-hydrogen) atoms. The summed E-state index contributed by atoms with van der Waals surface area (Å²) in [6.45, 7) is 0. The van der Waals surface area contributed by atoms with Gasteiger partial charge >= 0.3 is 0 Å². The van der Waals surface area contributed by atoms with E-state index in [1.807, 2.05) is 18.2 Å². The molecule has 1 amide bonds. The molecule has 0 spiro atoms. The Hall–Kier alpha value is -2.41. The fourth-order valence-electron chi connectivity index (χ4n) is 2.29. The lowest BCUT2D eigenvalue weighted by atomic mass is 10.1. The van der Waals surface area contributed by atoms with Crippen molar-refractivity contribution in [2.75, 3.05) is 12.4 Å². The van der Waals surface area contributed by atoms with Crippen LogP contribution in [-0.2, 0) is 4.79 Å². The molecule has 0 bridgehead atoms. The third-order valence-electron chi connectivity index (χ3n) is 3.31. The molecule has 0 aliphatic carbocycles. The highest BCUT2D eigenvalue weighted by Gasteiger charge is 2.26. The second-order valence-corrected chi connectivity index (χ2v) is 5.93. The molecule has 114 valence electrons. The number of hydrogen-bond acceptors (Lipinski definition) is 5. The van der Waals surface area contributed by atoms with E-state index in [-0.39, 0.29) is 11.3 Å². The number of primary amides is 1.